The molecule has 0 bridgehead atoms. The molecule has 0 aliphatic carbocycles. The van der Waals surface area contributed by atoms with Crippen LogP contribution in [0.25, 0.3) is 67.1 Å². The second-order valence-corrected chi connectivity index (χ2v) is 13.6. The predicted octanol–water partition coefficient (Wildman–Crippen LogP) is 11.5. The first-order chi connectivity index (χ1) is 24.4. The first-order valence-corrected chi connectivity index (χ1v) is 17.5. The molecule has 0 spiro atoms. The van der Waals surface area contributed by atoms with E-state index in [1.807, 2.05) is 12.1 Å². The van der Waals surface area contributed by atoms with Gasteiger partial charge in [0.05, 0.1) is 22.1 Å². The van der Waals surface area contributed by atoms with Crippen LogP contribution in [0.5, 0.6) is 11.5 Å². The Hall–Kier alpha value is -5.94. The molecule has 50 heavy (non-hydrogen) atoms. The zero-order valence-electron chi connectivity index (χ0n) is 28.8. The Kier molecular flexibility index (Phi) is 6.99. The van der Waals surface area contributed by atoms with Crippen LogP contribution < -0.4 is 4.74 Å². The molecule has 0 unspecified atom stereocenters. The number of para-hydroxylation sites is 4. The van der Waals surface area contributed by atoms with Gasteiger partial charge in [-0.15, -0.1) is 0 Å². The minimum Gasteiger partial charge on any atom is -0.457 e. The van der Waals surface area contributed by atoms with Gasteiger partial charge in [0.2, 0.25) is 0 Å². The Morgan fingerprint density at radius 3 is 1.28 bits per heavy atom. The molecule has 0 atom stereocenters. The highest BCUT2D eigenvalue weighted by Crippen LogP contribution is 2.50. The van der Waals surface area contributed by atoms with Crippen LogP contribution in [0.1, 0.15) is 38.8 Å². The zero-order valence-corrected chi connectivity index (χ0v) is 28.8. The lowest BCUT2D eigenvalue weighted by Crippen LogP contribution is -2.24. The maximum absolute atomic E-state index is 6.54. The number of fused-ring (bicyclic) bond motifs is 4. The largest absolute Gasteiger partial charge is 0.457 e. The molecule has 1 aliphatic heterocycles. The molecule has 8 aromatic rings. The Labute approximate surface area is 292 Å². The Balaban J connectivity index is 1.02. The van der Waals surface area contributed by atoms with Crippen molar-refractivity contribution in [2.45, 2.75) is 46.2 Å². The summed E-state index contributed by atoms with van der Waals surface area (Å²) in [6, 6.07) is 47.5. The number of benzene rings is 6. The van der Waals surface area contributed by atoms with Crippen LogP contribution in [-0.4, -0.2) is 19.1 Å². The molecule has 0 radical (unpaired) electrons. The summed E-state index contributed by atoms with van der Waals surface area (Å²) in [6.07, 6.45) is 0. The molecule has 0 N–H and O–H groups in total. The fraction of sp³-hybridized carbons (Fsp3) is 0.156. The van der Waals surface area contributed by atoms with E-state index in [1.54, 1.807) is 0 Å². The van der Waals surface area contributed by atoms with Crippen molar-refractivity contribution in [2.75, 3.05) is 0 Å². The molecule has 2 aromatic heterocycles. The van der Waals surface area contributed by atoms with Gasteiger partial charge in [-0.1, -0.05) is 98.8 Å². The molecule has 0 saturated carbocycles. The third-order valence-corrected chi connectivity index (χ3v) is 10.4. The quantitative estimate of drug-likeness (QED) is 0.180. The second-order valence-electron chi connectivity index (χ2n) is 13.6. The normalized spacial score (nSPS) is 13.3. The number of hydrogen-bond donors (Lipinski definition) is 0. The number of aryl methyl sites for hydroxylation is 2. The highest BCUT2D eigenvalue weighted by molar-refractivity contribution is 5.83. The van der Waals surface area contributed by atoms with Gasteiger partial charge in [-0.25, -0.2) is 9.97 Å². The Morgan fingerprint density at radius 1 is 0.480 bits per heavy atom. The van der Waals surface area contributed by atoms with Crippen molar-refractivity contribution in [3.05, 3.63) is 145 Å². The van der Waals surface area contributed by atoms with Crippen LogP contribution in [-0.2, 0) is 18.5 Å². The van der Waals surface area contributed by atoms with Crippen molar-refractivity contribution >= 4 is 22.1 Å². The molecule has 0 amide bonds. The lowest BCUT2D eigenvalue weighted by Gasteiger charge is -2.35. The van der Waals surface area contributed by atoms with E-state index in [1.165, 1.54) is 44.4 Å². The number of imidazole rings is 2. The van der Waals surface area contributed by atoms with Gasteiger partial charge in [0.15, 0.2) is 0 Å². The summed E-state index contributed by atoms with van der Waals surface area (Å²) in [6.45, 7) is 10.7. The second kappa shape index (κ2) is 11.6. The van der Waals surface area contributed by atoms with Gasteiger partial charge in [-0.05, 0) is 84.6 Å². The van der Waals surface area contributed by atoms with Crippen molar-refractivity contribution in [1.82, 2.24) is 19.1 Å². The molecular formula is C45H38N4O. The summed E-state index contributed by atoms with van der Waals surface area (Å²) in [5, 5.41) is 0. The van der Waals surface area contributed by atoms with Crippen molar-refractivity contribution in [1.29, 1.82) is 0 Å². The van der Waals surface area contributed by atoms with E-state index >= 15 is 0 Å². The van der Waals surface area contributed by atoms with E-state index in [0.717, 1.165) is 58.4 Å². The maximum atomic E-state index is 6.54. The number of nitrogens with zero attached hydrogens (tertiary/aromatic N) is 4. The van der Waals surface area contributed by atoms with Crippen LogP contribution in [0.3, 0.4) is 0 Å². The van der Waals surface area contributed by atoms with Crippen molar-refractivity contribution in [3.63, 3.8) is 0 Å². The first kappa shape index (κ1) is 30.1. The molecule has 1 aliphatic rings. The highest BCUT2D eigenvalue weighted by Gasteiger charge is 2.35. The van der Waals surface area contributed by atoms with Gasteiger partial charge in [0.25, 0.3) is 0 Å². The molecule has 244 valence electrons. The van der Waals surface area contributed by atoms with E-state index in [0.29, 0.717) is 0 Å². The molecular weight excluding hydrogens is 613 g/mol. The molecule has 0 fully saturated rings. The average Bonchev–Trinajstić information content (AvgIpc) is 3.73. The number of aromatic nitrogens is 4. The average molecular weight is 651 g/mol. The maximum Gasteiger partial charge on any atom is 0.141 e. The third kappa shape index (κ3) is 4.76. The fourth-order valence-electron chi connectivity index (χ4n) is 7.69. The molecule has 5 nitrogen and oxygen atoms in total. The summed E-state index contributed by atoms with van der Waals surface area (Å²) in [5.74, 6) is 3.83. The van der Waals surface area contributed by atoms with Crippen molar-refractivity contribution in [3.8, 4) is 56.5 Å². The van der Waals surface area contributed by atoms with Gasteiger partial charge < -0.3 is 13.9 Å². The molecule has 9 rings (SSSR count). The zero-order chi connectivity index (χ0) is 34.0. The predicted molar refractivity (Wildman–Crippen MR) is 205 cm³/mol. The van der Waals surface area contributed by atoms with Gasteiger partial charge in [0.1, 0.15) is 23.1 Å². The summed E-state index contributed by atoms with van der Waals surface area (Å²) < 4.78 is 11.1. The van der Waals surface area contributed by atoms with E-state index in [4.69, 9.17) is 14.7 Å². The van der Waals surface area contributed by atoms with Crippen LogP contribution >= 0.6 is 0 Å². The lowest BCUT2D eigenvalue weighted by atomic mass is 9.74. The van der Waals surface area contributed by atoms with Gasteiger partial charge in [-0.3, -0.25) is 0 Å². The molecule has 0 saturated heterocycles. The standard InChI is InChI=1S/C45H38N4O/c1-5-48-39-13-9-7-11-37(39)46-43(48)31-19-15-29(16-20-31)33-23-25-41-35(27-33)45(3,4)36-28-34(24-26-42(36)50-41)30-17-21-32(22-18-30)44-47-38-12-8-10-14-40(38)49(44)6-2/h7-28H,5-6H2,1-4H3. The number of ether oxygens (including phenoxy) is 1. The molecule has 6 aromatic carbocycles. The Bertz CT molecular complexity index is 2380. The van der Waals surface area contributed by atoms with Gasteiger partial charge in [0, 0.05) is 40.8 Å². The topological polar surface area (TPSA) is 44.9 Å². The van der Waals surface area contributed by atoms with E-state index in [9.17, 15) is 0 Å². The Morgan fingerprint density at radius 2 is 0.860 bits per heavy atom. The van der Waals surface area contributed by atoms with Crippen LogP contribution in [0.2, 0.25) is 0 Å². The minimum absolute atomic E-state index is 0.257. The van der Waals surface area contributed by atoms with Gasteiger partial charge in [-0.2, -0.15) is 0 Å². The SMILES string of the molecule is CCn1c(-c2ccc(-c3ccc4c(c3)C(C)(C)c3cc(-c5ccc(-c6nc7ccccc7n6CC)cc5)ccc3O4)cc2)nc2ccccc21. The fourth-order valence-corrected chi connectivity index (χ4v) is 7.69. The van der Waals surface area contributed by atoms with E-state index in [-0.39, 0.29) is 5.41 Å². The van der Waals surface area contributed by atoms with Crippen LogP contribution in [0.4, 0.5) is 0 Å². The lowest BCUT2D eigenvalue weighted by molar-refractivity contribution is 0.418. The monoisotopic (exact) mass is 650 g/mol. The van der Waals surface area contributed by atoms with Crippen molar-refractivity contribution in [2.24, 2.45) is 0 Å². The third-order valence-electron chi connectivity index (χ3n) is 10.4. The summed E-state index contributed by atoms with van der Waals surface area (Å²) >= 11 is 0. The van der Waals surface area contributed by atoms with Crippen LogP contribution in [0, 0.1) is 0 Å². The van der Waals surface area contributed by atoms with Gasteiger partial charge >= 0.3 is 0 Å². The molecule has 5 heteroatoms. The summed E-state index contributed by atoms with van der Waals surface area (Å²) in [7, 11) is 0. The summed E-state index contributed by atoms with van der Waals surface area (Å²) in [4.78, 5) is 9.92. The van der Waals surface area contributed by atoms with Crippen molar-refractivity contribution < 1.29 is 4.74 Å². The van der Waals surface area contributed by atoms with E-state index < -0.39 is 0 Å². The summed E-state index contributed by atoms with van der Waals surface area (Å²) in [5.41, 5.74) is 13.4. The number of hydrogen-bond acceptors (Lipinski definition) is 3. The smallest absolute Gasteiger partial charge is 0.141 e. The minimum atomic E-state index is -0.257. The molecule has 3 heterocycles. The number of rotatable bonds is 6. The van der Waals surface area contributed by atoms with E-state index in [2.05, 4.69) is 158 Å². The highest BCUT2D eigenvalue weighted by atomic mass is 16.5. The first-order valence-electron chi connectivity index (χ1n) is 17.5. The van der Waals surface area contributed by atoms with Crippen LogP contribution in [0.15, 0.2) is 133 Å².